The fraction of sp³-hybridized carbons (Fsp3) is 0.286. The van der Waals surface area contributed by atoms with E-state index >= 15 is 0 Å². The number of hydrogen-bond donors (Lipinski definition) is 2. The van der Waals surface area contributed by atoms with Gasteiger partial charge in [-0.25, -0.2) is 4.79 Å². The average Bonchev–Trinajstić information content (AvgIpc) is 2.35. The predicted molar refractivity (Wildman–Crippen MR) is 36.4 cm³/mol. The molecule has 1 atom stereocenters. The molecule has 0 aromatic heterocycles. The maximum atomic E-state index is 10.4. The smallest absolute Gasteiger partial charge is 0.336 e. The minimum Gasteiger partial charge on any atom is -0.424 e. The van der Waals surface area contributed by atoms with Crippen LogP contribution in [0.2, 0.25) is 0 Å². The molecule has 1 aliphatic heterocycles. The Hall–Kier alpha value is -1.13. The SMILES string of the molecule is O=C1C=C/C(=C\C(O)CO)O1. The molecule has 0 bridgehead atoms. The standard InChI is InChI=1S/C7H8O4/c8-4-5(9)3-6-1-2-7(10)11-6/h1-3,5,8-9H,4H2/b6-3+. The second-order valence-corrected chi connectivity index (χ2v) is 2.07. The van der Waals surface area contributed by atoms with E-state index in [0.29, 0.717) is 0 Å². The Kier molecular flexibility index (Phi) is 2.40. The number of allylic oxidation sites excluding steroid dienone is 1. The quantitative estimate of drug-likeness (QED) is 0.521. The van der Waals surface area contributed by atoms with Gasteiger partial charge in [0.2, 0.25) is 0 Å². The molecule has 4 heteroatoms. The van der Waals surface area contributed by atoms with Crippen LogP contribution in [0.5, 0.6) is 0 Å². The van der Waals surface area contributed by atoms with Gasteiger partial charge in [0.1, 0.15) is 5.76 Å². The summed E-state index contributed by atoms with van der Waals surface area (Å²) < 4.78 is 4.57. The van der Waals surface area contributed by atoms with Gasteiger partial charge in [-0.2, -0.15) is 0 Å². The van der Waals surface area contributed by atoms with Crippen molar-refractivity contribution in [2.24, 2.45) is 0 Å². The maximum Gasteiger partial charge on any atom is 0.336 e. The van der Waals surface area contributed by atoms with Crippen LogP contribution in [-0.2, 0) is 9.53 Å². The van der Waals surface area contributed by atoms with Crippen molar-refractivity contribution in [3.63, 3.8) is 0 Å². The van der Waals surface area contributed by atoms with E-state index < -0.39 is 12.1 Å². The summed E-state index contributed by atoms with van der Waals surface area (Å²) in [6.45, 7) is -0.380. The molecule has 4 nitrogen and oxygen atoms in total. The van der Waals surface area contributed by atoms with Gasteiger partial charge in [-0.05, 0) is 12.2 Å². The van der Waals surface area contributed by atoms with Gasteiger partial charge < -0.3 is 14.9 Å². The van der Waals surface area contributed by atoms with Gasteiger partial charge in [0.05, 0.1) is 12.7 Å². The van der Waals surface area contributed by atoms with E-state index in [0.717, 1.165) is 0 Å². The summed E-state index contributed by atoms with van der Waals surface area (Å²) in [4.78, 5) is 10.4. The number of cyclic esters (lactones) is 1. The molecule has 0 radical (unpaired) electrons. The largest absolute Gasteiger partial charge is 0.424 e. The summed E-state index contributed by atoms with van der Waals surface area (Å²) >= 11 is 0. The van der Waals surface area contributed by atoms with Crippen molar-refractivity contribution in [3.8, 4) is 0 Å². The van der Waals surface area contributed by atoms with E-state index in [1.165, 1.54) is 18.2 Å². The zero-order valence-electron chi connectivity index (χ0n) is 5.73. The van der Waals surface area contributed by atoms with E-state index in [4.69, 9.17) is 10.2 Å². The second-order valence-electron chi connectivity index (χ2n) is 2.07. The van der Waals surface area contributed by atoms with Crippen LogP contribution in [0.1, 0.15) is 0 Å². The highest BCUT2D eigenvalue weighted by atomic mass is 16.5. The van der Waals surface area contributed by atoms with Crippen LogP contribution in [0.25, 0.3) is 0 Å². The van der Waals surface area contributed by atoms with Gasteiger partial charge in [-0.3, -0.25) is 0 Å². The molecule has 60 valence electrons. The van der Waals surface area contributed by atoms with Crippen LogP contribution >= 0.6 is 0 Å². The Balaban J connectivity index is 2.56. The molecule has 0 fully saturated rings. The van der Waals surface area contributed by atoms with Crippen molar-refractivity contribution >= 4 is 5.97 Å². The molecule has 0 saturated carbocycles. The third-order valence-corrected chi connectivity index (χ3v) is 1.15. The Morgan fingerprint density at radius 2 is 2.36 bits per heavy atom. The molecule has 0 amide bonds. The minimum absolute atomic E-state index is 0.275. The van der Waals surface area contributed by atoms with Crippen LogP contribution in [-0.4, -0.2) is 28.9 Å². The first kappa shape index (κ1) is 7.97. The van der Waals surface area contributed by atoms with E-state index in [9.17, 15) is 4.79 Å². The van der Waals surface area contributed by atoms with E-state index in [1.807, 2.05) is 0 Å². The molecule has 1 unspecified atom stereocenters. The third-order valence-electron chi connectivity index (χ3n) is 1.15. The van der Waals surface area contributed by atoms with Crippen molar-refractivity contribution in [3.05, 3.63) is 24.0 Å². The Labute approximate surface area is 63.4 Å². The summed E-state index contributed by atoms with van der Waals surface area (Å²) in [5.41, 5.74) is 0. The normalized spacial score (nSPS) is 22.4. The first-order chi connectivity index (χ1) is 5.22. The summed E-state index contributed by atoms with van der Waals surface area (Å²) in [5.74, 6) is -0.182. The maximum absolute atomic E-state index is 10.4. The molecule has 1 heterocycles. The highest BCUT2D eigenvalue weighted by Gasteiger charge is 2.10. The number of ether oxygens (including phenoxy) is 1. The van der Waals surface area contributed by atoms with Crippen LogP contribution in [0, 0.1) is 0 Å². The number of esters is 1. The number of carbonyl (C=O) groups excluding carboxylic acids is 1. The molecule has 0 spiro atoms. The lowest BCUT2D eigenvalue weighted by molar-refractivity contribution is -0.132. The molecule has 0 aromatic rings. The summed E-state index contributed by atoms with van der Waals surface area (Å²) in [7, 11) is 0. The number of carbonyl (C=O) groups is 1. The van der Waals surface area contributed by atoms with Crippen LogP contribution < -0.4 is 0 Å². The van der Waals surface area contributed by atoms with Crippen molar-refractivity contribution in [1.82, 2.24) is 0 Å². The van der Waals surface area contributed by atoms with Gasteiger partial charge in [0.15, 0.2) is 0 Å². The molecule has 1 aliphatic rings. The van der Waals surface area contributed by atoms with Gasteiger partial charge in [-0.15, -0.1) is 0 Å². The van der Waals surface area contributed by atoms with E-state index in [-0.39, 0.29) is 12.4 Å². The first-order valence-electron chi connectivity index (χ1n) is 3.13. The summed E-state index contributed by atoms with van der Waals surface area (Å²) in [5, 5.41) is 17.3. The summed E-state index contributed by atoms with van der Waals surface area (Å²) in [6.07, 6.45) is 2.97. The Bertz CT molecular complexity index is 216. The highest BCUT2D eigenvalue weighted by molar-refractivity contribution is 5.86. The lowest BCUT2D eigenvalue weighted by atomic mass is 10.3. The molecule has 0 saturated heterocycles. The molecule has 2 N–H and O–H groups in total. The highest BCUT2D eigenvalue weighted by Crippen LogP contribution is 2.09. The zero-order chi connectivity index (χ0) is 8.27. The number of aliphatic hydroxyl groups excluding tert-OH is 2. The zero-order valence-corrected chi connectivity index (χ0v) is 5.73. The second kappa shape index (κ2) is 3.32. The van der Waals surface area contributed by atoms with Crippen LogP contribution in [0.15, 0.2) is 24.0 Å². The first-order valence-corrected chi connectivity index (χ1v) is 3.13. The van der Waals surface area contributed by atoms with Gasteiger partial charge in [-0.1, -0.05) is 0 Å². The lowest BCUT2D eigenvalue weighted by Crippen LogP contribution is -2.08. The van der Waals surface area contributed by atoms with Gasteiger partial charge in [0.25, 0.3) is 0 Å². The molecular formula is C7H8O4. The third kappa shape index (κ3) is 2.18. The monoisotopic (exact) mass is 156 g/mol. The number of aliphatic hydroxyl groups is 2. The molecule has 1 rings (SSSR count). The van der Waals surface area contributed by atoms with Crippen LogP contribution in [0.3, 0.4) is 0 Å². The van der Waals surface area contributed by atoms with Crippen molar-refractivity contribution in [2.75, 3.05) is 6.61 Å². The van der Waals surface area contributed by atoms with Gasteiger partial charge >= 0.3 is 5.97 Å². The molecule has 0 aliphatic carbocycles. The topological polar surface area (TPSA) is 66.8 Å². The van der Waals surface area contributed by atoms with Crippen molar-refractivity contribution < 1.29 is 19.7 Å². The number of hydrogen-bond acceptors (Lipinski definition) is 4. The lowest BCUT2D eigenvalue weighted by Gasteiger charge is -2.00. The fourth-order valence-electron chi connectivity index (χ4n) is 0.666. The van der Waals surface area contributed by atoms with Crippen molar-refractivity contribution in [2.45, 2.75) is 6.10 Å². The predicted octanol–water partition coefficient (Wildman–Crippen LogP) is -0.664. The molecular weight excluding hydrogens is 148 g/mol. The Morgan fingerprint density at radius 1 is 1.64 bits per heavy atom. The number of rotatable bonds is 2. The average molecular weight is 156 g/mol. The fourth-order valence-corrected chi connectivity index (χ4v) is 0.666. The summed E-state index contributed by atoms with van der Waals surface area (Å²) in [6, 6.07) is 0. The Morgan fingerprint density at radius 3 is 2.82 bits per heavy atom. The molecule has 0 aromatic carbocycles. The van der Waals surface area contributed by atoms with Gasteiger partial charge in [0, 0.05) is 6.08 Å². The van der Waals surface area contributed by atoms with Crippen molar-refractivity contribution in [1.29, 1.82) is 0 Å². The van der Waals surface area contributed by atoms with E-state index in [2.05, 4.69) is 4.74 Å². The molecule has 11 heavy (non-hydrogen) atoms. The van der Waals surface area contributed by atoms with Crippen LogP contribution in [0.4, 0.5) is 0 Å². The minimum atomic E-state index is -0.972. The van der Waals surface area contributed by atoms with E-state index in [1.54, 1.807) is 0 Å².